The molecule has 0 aliphatic carbocycles. The Morgan fingerprint density at radius 3 is 3.00 bits per heavy atom. The first-order chi connectivity index (χ1) is 5.68. The average molecular weight is 339 g/mol. The van der Waals surface area contributed by atoms with Crippen molar-refractivity contribution in [1.82, 2.24) is 10.2 Å². The Labute approximate surface area is 90.4 Å². The summed E-state index contributed by atoms with van der Waals surface area (Å²) in [6, 6.07) is 3.51. The number of nitrogens with one attached hydrogen (secondary N) is 1. The van der Waals surface area contributed by atoms with Gasteiger partial charge in [0.05, 0.1) is 10.9 Å². The summed E-state index contributed by atoms with van der Waals surface area (Å²) in [6.45, 7) is 0. The molecule has 1 aromatic heterocycles. The van der Waals surface area contributed by atoms with Gasteiger partial charge >= 0.3 is 0 Å². The van der Waals surface area contributed by atoms with Gasteiger partial charge < -0.3 is 5.11 Å². The molecule has 2 N–H and O–H groups in total. The van der Waals surface area contributed by atoms with Gasteiger partial charge in [0.2, 0.25) is 0 Å². The smallest absolute Gasteiger partial charge is 0.128 e. The lowest BCUT2D eigenvalue weighted by molar-refractivity contribution is 0.481. The predicted molar refractivity (Wildman–Crippen MR) is 58.2 cm³/mol. The van der Waals surface area contributed by atoms with Gasteiger partial charge in [-0.25, -0.2) is 0 Å². The molecule has 0 fully saturated rings. The number of H-pyrrole nitrogens is 1. The molecule has 0 saturated carbocycles. The number of halogens is 2. The van der Waals surface area contributed by atoms with E-state index in [0.717, 1.165) is 19.1 Å². The number of nitrogens with zero attached hydrogens (tertiary/aromatic N) is 1. The molecule has 1 heterocycles. The topological polar surface area (TPSA) is 48.9 Å². The lowest BCUT2D eigenvalue weighted by Crippen LogP contribution is -1.72. The van der Waals surface area contributed by atoms with Gasteiger partial charge in [-0.05, 0) is 34.7 Å². The molecule has 1 aromatic carbocycles. The largest absolute Gasteiger partial charge is 0.507 e. The summed E-state index contributed by atoms with van der Waals surface area (Å²) in [5.41, 5.74) is 0.770. The molecule has 0 aliphatic rings. The summed E-state index contributed by atoms with van der Waals surface area (Å²) in [4.78, 5) is 0. The van der Waals surface area contributed by atoms with Crippen LogP contribution in [0.1, 0.15) is 0 Å². The van der Waals surface area contributed by atoms with Gasteiger partial charge in [-0.2, -0.15) is 5.10 Å². The summed E-state index contributed by atoms with van der Waals surface area (Å²) in [7, 11) is 0. The van der Waals surface area contributed by atoms with E-state index in [4.69, 9.17) is 0 Å². The Balaban J connectivity index is 2.93. The monoisotopic (exact) mass is 338 g/mol. The van der Waals surface area contributed by atoms with Crippen LogP contribution in [0.2, 0.25) is 0 Å². The number of aromatic hydroxyl groups is 1. The fourth-order valence-corrected chi connectivity index (χ4v) is 2.16. The molecule has 0 atom stereocenters. The highest BCUT2D eigenvalue weighted by molar-refractivity contribution is 14.1. The van der Waals surface area contributed by atoms with E-state index >= 15 is 0 Å². The minimum atomic E-state index is 0.248. The Morgan fingerprint density at radius 1 is 1.50 bits per heavy atom. The van der Waals surface area contributed by atoms with Gasteiger partial charge in [0.25, 0.3) is 0 Å². The highest BCUT2D eigenvalue weighted by Gasteiger charge is 2.07. The van der Waals surface area contributed by atoms with Crippen LogP contribution in [0.5, 0.6) is 5.75 Å². The summed E-state index contributed by atoms with van der Waals surface area (Å²) >= 11 is 5.37. The Hall–Kier alpha value is -0.300. The molecular weight excluding hydrogens is 335 g/mol. The number of benzene rings is 1. The summed E-state index contributed by atoms with van der Waals surface area (Å²) in [6.07, 6.45) is 0. The van der Waals surface area contributed by atoms with Crippen LogP contribution in [-0.4, -0.2) is 15.3 Å². The van der Waals surface area contributed by atoms with Gasteiger partial charge in [0.15, 0.2) is 0 Å². The van der Waals surface area contributed by atoms with E-state index in [1.165, 1.54) is 0 Å². The lowest BCUT2D eigenvalue weighted by Gasteiger charge is -1.95. The zero-order valence-electron chi connectivity index (χ0n) is 5.81. The molecule has 0 unspecified atom stereocenters. The Kier molecular flexibility index (Phi) is 1.99. The lowest BCUT2D eigenvalue weighted by atomic mass is 10.2. The van der Waals surface area contributed by atoms with Crippen LogP contribution in [0.3, 0.4) is 0 Å². The molecule has 62 valence electrons. The van der Waals surface area contributed by atoms with E-state index in [9.17, 15) is 5.11 Å². The zero-order valence-corrected chi connectivity index (χ0v) is 9.55. The molecule has 12 heavy (non-hydrogen) atoms. The first-order valence-corrected chi connectivity index (χ1v) is 5.08. The van der Waals surface area contributed by atoms with E-state index in [1.54, 1.807) is 6.07 Å². The number of phenols is 1. The van der Waals surface area contributed by atoms with Crippen LogP contribution in [0, 0.1) is 3.70 Å². The van der Waals surface area contributed by atoms with Gasteiger partial charge in [0, 0.05) is 4.47 Å². The first-order valence-electron chi connectivity index (χ1n) is 3.20. The number of hydrogen-bond acceptors (Lipinski definition) is 2. The molecule has 3 nitrogen and oxygen atoms in total. The molecule has 0 aliphatic heterocycles. The molecule has 2 aromatic rings. The van der Waals surface area contributed by atoms with E-state index < -0.39 is 0 Å². The minimum Gasteiger partial charge on any atom is -0.507 e. The Bertz CT molecular complexity index is 440. The van der Waals surface area contributed by atoms with Crippen molar-refractivity contribution >= 4 is 49.4 Å². The molecule has 5 heteroatoms. The quantitative estimate of drug-likeness (QED) is 0.725. The number of aromatic nitrogens is 2. The zero-order chi connectivity index (χ0) is 8.72. The average Bonchev–Trinajstić information content (AvgIpc) is 2.31. The highest BCUT2D eigenvalue weighted by atomic mass is 127. The van der Waals surface area contributed by atoms with Crippen molar-refractivity contribution in [2.75, 3.05) is 0 Å². The number of rotatable bonds is 0. The van der Waals surface area contributed by atoms with Crippen LogP contribution in [0.15, 0.2) is 16.6 Å². The van der Waals surface area contributed by atoms with Gasteiger partial charge in [-0.15, -0.1) is 0 Å². The minimum absolute atomic E-state index is 0.248. The molecule has 0 spiro atoms. The van der Waals surface area contributed by atoms with E-state index in [1.807, 2.05) is 6.07 Å². The standard InChI is InChI=1S/C7H4BrIN2O/c8-3-1-4-6(5(12)2-3)7(9)11-10-4/h1-2,12H,(H,10,11). The number of fused-ring (bicyclic) bond motifs is 1. The summed E-state index contributed by atoms with van der Waals surface area (Å²) in [5, 5.41) is 17.1. The number of aromatic amines is 1. The Morgan fingerprint density at radius 2 is 2.25 bits per heavy atom. The van der Waals surface area contributed by atoms with Crippen LogP contribution in [0.25, 0.3) is 10.9 Å². The van der Waals surface area contributed by atoms with Crippen molar-refractivity contribution < 1.29 is 5.11 Å². The van der Waals surface area contributed by atoms with Crippen LogP contribution < -0.4 is 0 Å². The molecule has 0 radical (unpaired) electrons. The molecule has 0 bridgehead atoms. The summed E-state index contributed by atoms with van der Waals surface area (Å²) in [5.74, 6) is 0.248. The SMILES string of the molecule is Oc1cc(Br)cc2n[nH]c(I)c12. The summed E-state index contributed by atoms with van der Waals surface area (Å²) < 4.78 is 1.68. The first kappa shape index (κ1) is 8.31. The highest BCUT2D eigenvalue weighted by Crippen LogP contribution is 2.30. The van der Waals surface area contributed by atoms with Crippen molar-refractivity contribution in [1.29, 1.82) is 0 Å². The van der Waals surface area contributed by atoms with Crippen molar-refractivity contribution in [2.45, 2.75) is 0 Å². The number of hydrogen-bond donors (Lipinski definition) is 2. The van der Waals surface area contributed by atoms with Gasteiger partial charge in [0.1, 0.15) is 9.45 Å². The predicted octanol–water partition coefficient (Wildman–Crippen LogP) is 2.64. The van der Waals surface area contributed by atoms with Gasteiger partial charge in [-0.1, -0.05) is 15.9 Å². The maximum atomic E-state index is 9.53. The van der Waals surface area contributed by atoms with Crippen molar-refractivity contribution in [2.24, 2.45) is 0 Å². The van der Waals surface area contributed by atoms with Crippen LogP contribution in [0.4, 0.5) is 0 Å². The van der Waals surface area contributed by atoms with Gasteiger partial charge in [-0.3, -0.25) is 5.10 Å². The molecule has 0 amide bonds. The van der Waals surface area contributed by atoms with Crippen molar-refractivity contribution in [3.63, 3.8) is 0 Å². The maximum absolute atomic E-state index is 9.53. The third-order valence-electron chi connectivity index (χ3n) is 1.56. The third kappa shape index (κ3) is 1.20. The van der Waals surface area contributed by atoms with E-state index in [-0.39, 0.29) is 5.75 Å². The van der Waals surface area contributed by atoms with Crippen LogP contribution in [-0.2, 0) is 0 Å². The molecule has 0 saturated heterocycles. The maximum Gasteiger partial charge on any atom is 0.128 e. The molecular formula is C7H4BrIN2O. The number of phenolic OH excluding ortho intramolecular Hbond substituents is 1. The van der Waals surface area contributed by atoms with Crippen molar-refractivity contribution in [3.05, 3.63) is 20.3 Å². The van der Waals surface area contributed by atoms with E-state index in [0.29, 0.717) is 0 Å². The van der Waals surface area contributed by atoms with Crippen molar-refractivity contribution in [3.8, 4) is 5.75 Å². The second-order valence-electron chi connectivity index (χ2n) is 2.36. The fourth-order valence-electron chi connectivity index (χ4n) is 1.06. The molecule has 2 rings (SSSR count). The fraction of sp³-hybridized carbons (Fsp3) is 0. The second kappa shape index (κ2) is 2.88. The van der Waals surface area contributed by atoms with E-state index in [2.05, 4.69) is 48.7 Å². The third-order valence-corrected chi connectivity index (χ3v) is 2.79. The second-order valence-corrected chi connectivity index (χ2v) is 4.35. The normalized spacial score (nSPS) is 10.8. The van der Waals surface area contributed by atoms with Crippen LogP contribution >= 0.6 is 38.5 Å².